The van der Waals surface area contributed by atoms with Crippen LogP contribution in [0.4, 0.5) is 13.2 Å². The Kier molecular flexibility index (Phi) is 4.28. The lowest BCUT2D eigenvalue weighted by molar-refractivity contribution is -0.274. The van der Waals surface area contributed by atoms with Crippen LogP contribution in [0.1, 0.15) is 11.3 Å². The molecule has 1 N–H and O–H groups in total. The van der Waals surface area contributed by atoms with Crippen LogP contribution < -0.4 is 10.3 Å². The molecule has 0 aliphatic heterocycles. The standard InChI is InChI=1S/C14H8BrF3N2O2/c1-7-5-9(10(6-19)13(21)20-7)8-3-2-4-11(12(8)15)22-14(16,17)18/h2-5H,1H3,(H,20,21). The van der Waals surface area contributed by atoms with Crippen molar-refractivity contribution < 1.29 is 17.9 Å². The van der Waals surface area contributed by atoms with Crippen LogP contribution in [0, 0.1) is 18.3 Å². The number of hydrogen-bond acceptors (Lipinski definition) is 3. The van der Waals surface area contributed by atoms with Crippen molar-refractivity contribution in [3.05, 3.63) is 50.3 Å². The van der Waals surface area contributed by atoms with Gasteiger partial charge in [0.05, 0.1) is 4.47 Å². The predicted molar refractivity (Wildman–Crippen MR) is 76.3 cm³/mol. The van der Waals surface area contributed by atoms with E-state index in [1.807, 2.05) is 0 Å². The van der Waals surface area contributed by atoms with Gasteiger partial charge in [-0.05, 0) is 35.0 Å². The molecule has 0 fully saturated rings. The Balaban J connectivity index is 2.68. The third kappa shape index (κ3) is 3.31. The number of halogens is 4. The van der Waals surface area contributed by atoms with Gasteiger partial charge in [-0.3, -0.25) is 4.79 Å². The zero-order chi connectivity index (χ0) is 16.5. The van der Waals surface area contributed by atoms with Gasteiger partial charge in [0.1, 0.15) is 17.4 Å². The summed E-state index contributed by atoms with van der Waals surface area (Å²) in [4.78, 5) is 14.3. The van der Waals surface area contributed by atoms with Gasteiger partial charge in [-0.1, -0.05) is 12.1 Å². The van der Waals surface area contributed by atoms with Gasteiger partial charge in [0, 0.05) is 16.8 Å². The minimum absolute atomic E-state index is 0.00817. The van der Waals surface area contributed by atoms with E-state index in [1.165, 1.54) is 18.2 Å². The molecule has 0 amide bonds. The summed E-state index contributed by atoms with van der Waals surface area (Å²) in [7, 11) is 0. The highest BCUT2D eigenvalue weighted by Crippen LogP contribution is 2.38. The van der Waals surface area contributed by atoms with Crippen LogP contribution in [0.2, 0.25) is 0 Å². The van der Waals surface area contributed by atoms with E-state index < -0.39 is 17.7 Å². The fourth-order valence-electron chi connectivity index (χ4n) is 1.93. The lowest BCUT2D eigenvalue weighted by Gasteiger charge is -2.14. The first kappa shape index (κ1) is 16.1. The lowest BCUT2D eigenvalue weighted by atomic mass is 10.0. The smallest absolute Gasteiger partial charge is 0.405 e. The first-order chi connectivity index (χ1) is 10.2. The van der Waals surface area contributed by atoms with Crippen LogP contribution in [0.25, 0.3) is 11.1 Å². The van der Waals surface area contributed by atoms with Crippen molar-refractivity contribution in [2.24, 2.45) is 0 Å². The predicted octanol–water partition coefficient (Wildman–Crippen LogP) is 3.88. The summed E-state index contributed by atoms with van der Waals surface area (Å²) < 4.78 is 41.1. The minimum Gasteiger partial charge on any atom is -0.405 e. The summed E-state index contributed by atoms with van der Waals surface area (Å²) in [5.41, 5.74) is 0.172. The second-order valence-electron chi connectivity index (χ2n) is 4.35. The van der Waals surface area contributed by atoms with Gasteiger partial charge in [0.25, 0.3) is 5.56 Å². The maximum Gasteiger partial charge on any atom is 0.573 e. The first-order valence-corrected chi connectivity index (χ1v) is 6.71. The fourth-order valence-corrected chi connectivity index (χ4v) is 2.49. The molecular formula is C14H8BrF3N2O2. The van der Waals surface area contributed by atoms with E-state index in [9.17, 15) is 18.0 Å². The van der Waals surface area contributed by atoms with Crippen molar-refractivity contribution in [1.29, 1.82) is 5.26 Å². The fraction of sp³-hybridized carbons (Fsp3) is 0.143. The molecule has 0 aliphatic rings. The lowest BCUT2D eigenvalue weighted by Crippen LogP contribution is -2.17. The molecule has 0 radical (unpaired) electrons. The molecule has 0 saturated heterocycles. The van der Waals surface area contributed by atoms with E-state index in [0.717, 1.165) is 6.07 Å². The SMILES string of the molecule is Cc1cc(-c2cccc(OC(F)(F)F)c2Br)c(C#N)c(=O)[nH]1. The molecule has 0 aliphatic carbocycles. The number of hydrogen-bond donors (Lipinski definition) is 1. The van der Waals surface area contributed by atoms with Gasteiger partial charge in [-0.15, -0.1) is 13.2 Å². The van der Waals surface area contributed by atoms with Crippen molar-refractivity contribution in [3.8, 4) is 22.9 Å². The maximum absolute atomic E-state index is 12.4. The van der Waals surface area contributed by atoms with Crippen LogP contribution in [-0.2, 0) is 0 Å². The molecule has 0 atom stereocenters. The molecule has 1 aromatic carbocycles. The monoisotopic (exact) mass is 372 g/mol. The topological polar surface area (TPSA) is 65.9 Å². The van der Waals surface area contributed by atoms with E-state index in [-0.39, 0.29) is 21.2 Å². The Morgan fingerprint density at radius 1 is 1.32 bits per heavy atom. The quantitative estimate of drug-likeness (QED) is 0.869. The number of H-pyrrole nitrogens is 1. The van der Waals surface area contributed by atoms with Gasteiger partial charge in [0.2, 0.25) is 0 Å². The number of rotatable bonds is 2. The van der Waals surface area contributed by atoms with Gasteiger partial charge in [0.15, 0.2) is 0 Å². The summed E-state index contributed by atoms with van der Waals surface area (Å²) in [5, 5.41) is 9.10. The number of nitrogens with zero attached hydrogens (tertiary/aromatic N) is 1. The number of benzene rings is 1. The molecule has 2 rings (SSSR count). The Bertz CT molecular complexity index is 822. The van der Waals surface area contributed by atoms with Crippen molar-refractivity contribution in [2.45, 2.75) is 13.3 Å². The largest absolute Gasteiger partial charge is 0.573 e. The van der Waals surface area contributed by atoms with E-state index in [1.54, 1.807) is 13.0 Å². The van der Waals surface area contributed by atoms with Crippen molar-refractivity contribution in [3.63, 3.8) is 0 Å². The Morgan fingerprint density at radius 2 is 2.00 bits per heavy atom. The van der Waals surface area contributed by atoms with Crippen LogP contribution in [0.5, 0.6) is 5.75 Å². The second-order valence-corrected chi connectivity index (χ2v) is 5.14. The highest BCUT2D eigenvalue weighted by Gasteiger charge is 2.32. The summed E-state index contributed by atoms with van der Waals surface area (Å²) >= 11 is 3.04. The van der Waals surface area contributed by atoms with Gasteiger partial charge >= 0.3 is 6.36 Å². The van der Waals surface area contributed by atoms with Gasteiger partial charge < -0.3 is 9.72 Å². The number of pyridine rings is 1. The van der Waals surface area contributed by atoms with Crippen LogP contribution in [-0.4, -0.2) is 11.3 Å². The number of alkyl halides is 3. The molecule has 2 aromatic rings. The summed E-state index contributed by atoms with van der Waals surface area (Å²) in [6.45, 7) is 1.61. The molecule has 22 heavy (non-hydrogen) atoms. The molecule has 0 saturated carbocycles. The van der Waals surface area contributed by atoms with E-state index in [2.05, 4.69) is 25.7 Å². The molecular weight excluding hydrogens is 365 g/mol. The van der Waals surface area contributed by atoms with E-state index in [4.69, 9.17) is 5.26 Å². The highest BCUT2D eigenvalue weighted by atomic mass is 79.9. The highest BCUT2D eigenvalue weighted by molar-refractivity contribution is 9.10. The second kappa shape index (κ2) is 5.85. The molecule has 0 spiro atoms. The molecule has 8 heteroatoms. The average molecular weight is 373 g/mol. The first-order valence-electron chi connectivity index (χ1n) is 5.91. The molecule has 0 bridgehead atoms. The molecule has 1 heterocycles. The Morgan fingerprint density at radius 3 is 2.59 bits per heavy atom. The molecule has 4 nitrogen and oxygen atoms in total. The molecule has 1 aromatic heterocycles. The number of nitrogens with one attached hydrogen (secondary N) is 1. The zero-order valence-corrected chi connectivity index (χ0v) is 12.7. The van der Waals surface area contributed by atoms with Crippen molar-refractivity contribution in [2.75, 3.05) is 0 Å². The minimum atomic E-state index is -4.84. The summed E-state index contributed by atoms with van der Waals surface area (Å²) in [6.07, 6.45) is -4.84. The zero-order valence-electron chi connectivity index (χ0n) is 11.1. The number of aryl methyl sites for hydroxylation is 1. The average Bonchev–Trinajstić information content (AvgIpc) is 2.39. The van der Waals surface area contributed by atoms with E-state index in [0.29, 0.717) is 5.69 Å². The number of nitriles is 1. The van der Waals surface area contributed by atoms with Gasteiger partial charge in [-0.2, -0.15) is 5.26 Å². The third-order valence-corrected chi connectivity index (χ3v) is 3.58. The maximum atomic E-state index is 12.4. The summed E-state index contributed by atoms with van der Waals surface area (Å²) in [5.74, 6) is -0.452. The molecule has 114 valence electrons. The normalized spacial score (nSPS) is 11.1. The Hall–Kier alpha value is -2.27. The van der Waals surface area contributed by atoms with Crippen LogP contribution in [0.3, 0.4) is 0 Å². The van der Waals surface area contributed by atoms with E-state index >= 15 is 0 Å². The van der Waals surface area contributed by atoms with Crippen molar-refractivity contribution >= 4 is 15.9 Å². The van der Waals surface area contributed by atoms with Crippen molar-refractivity contribution in [1.82, 2.24) is 4.98 Å². The summed E-state index contributed by atoms with van der Waals surface area (Å²) in [6, 6.07) is 7.23. The molecule has 0 unspecified atom stereocenters. The number of aromatic amines is 1. The number of aromatic nitrogens is 1. The van der Waals surface area contributed by atoms with Crippen LogP contribution in [0.15, 0.2) is 33.5 Å². The van der Waals surface area contributed by atoms with Crippen LogP contribution >= 0.6 is 15.9 Å². The Labute approximate surface area is 131 Å². The number of ether oxygens (including phenoxy) is 1. The van der Waals surface area contributed by atoms with Gasteiger partial charge in [-0.25, -0.2) is 0 Å². The third-order valence-electron chi connectivity index (χ3n) is 2.76.